The molecule has 0 aliphatic rings. The maximum Gasteiger partial charge on any atom is 0.416 e. The van der Waals surface area contributed by atoms with Crippen LogP contribution in [-0.2, 0) is 22.1 Å². The number of esters is 1. The second kappa shape index (κ2) is 6.10. The van der Waals surface area contributed by atoms with Crippen molar-refractivity contribution in [1.82, 2.24) is 4.98 Å². The van der Waals surface area contributed by atoms with Crippen molar-refractivity contribution in [3.63, 3.8) is 0 Å². The molecule has 0 aliphatic carbocycles. The summed E-state index contributed by atoms with van der Waals surface area (Å²) in [6.45, 7) is 1.28. The predicted octanol–water partition coefficient (Wildman–Crippen LogP) is 3.28. The Morgan fingerprint density at radius 1 is 1.40 bits per heavy atom. The fourth-order valence-electron chi connectivity index (χ4n) is 1.53. The van der Waals surface area contributed by atoms with E-state index in [1.165, 1.54) is 6.92 Å². The summed E-state index contributed by atoms with van der Waals surface area (Å²) >= 11 is 0. The monoisotopic (exact) mass is 301 g/mol. The first-order valence-corrected chi connectivity index (χ1v) is 5.37. The molecule has 112 valence electrons. The highest BCUT2D eigenvalue weighted by atomic mass is 19.4. The number of halogens is 6. The molecule has 0 N–H and O–H groups in total. The van der Waals surface area contributed by atoms with Crippen LogP contribution < -0.4 is 0 Å². The molecule has 0 spiro atoms. The Kier molecular flexibility index (Phi) is 4.96. The van der Waals surface area contributed by atoms with Crippen molar-refractivity contribution < 1.29 is 35.9 Å². The van der Waals surface area contributed by atoms with Gasteiger partial charge in [0.25, 0.3) is 6.43 Å². The topological polar surface area (TPSA) is 39.2 Å². The van der Waals surface area contributed by atoms with Crippen LogP contribution in [0.25, 0.3) is 0 Å². The SMILES string of the molecule is CCOC(=O)Cc1c(C(F)(F)F)cc(F)nc1C(F)F. The van der Waals surface area contributed by atoms with E-state index in [1.54, 1.807) is 0 Å². The first-order chi connectivity index (χ1) is 9.16. The number of carbonyl (C=O) groups excluding carboxylic acids is 1. The maximum absolute atomic E-state index is 12.9. The minimum atomic E-state index is -5.09. The molecule has 0 unspecified atom stereocenters. The number of ether oxygens (including phenoxy) is 1. The van der Waals surface area contributed by atoms with Crippen LogP contribution in [0.4, 0.5) is 26.3 Å². The molecule has 3 nitrogen and oxygen atoms in total. The first kappa shape index (κ1) is 16.3. The van der Waals surface area contributed by atoms with Gasteiger partial charge in [-0.15, -0.1) is 0 Å². The van der Waals surface area contributed by atoms with E-state index < -0.39 is 47.8 Å². The van der Waals surface area contributed by atoms with Crippen LogP contribution in [0, 0.1) is 5.95 Å². The van der Waals surface area contributed by atoms with Crippen LogP contribution in [0.2, 0.25) is 0 Å². The highest BCUT2D eigenvalue weighted by molar-refractivity contribution is 5.73. The standard InChI is InChI=1S/C11H9F6NO2/c1-2-20-8(19)3-5-6(11(15,16)17)4-7(12)18-9(5)10(13)14/h4,10H,2-3H2,1H3. The van der Waals surface area contributed by atoms with Crippen LogP contribution >= 0.6 is 0 Å². The number of carbonyl (C=O) groups is 1. The van der Waals surface area contributed by atoms with Crippen molar-refractivity contribution >= 4 is 5.97 Å². The summed E-state index contributed by atoms with van der Waals surface area (Å²) in [5.74, 6) is -2.83. The third-order valence-corrected chi connectivity index (χ3v) is 2.26. The lowest BCUT2D eigenvalue weighted by Crippen LogP contribution is -2.18. The maximum atomic E-state index is 12.9. The molecule has 1 aromatic heterocycles. The second-order valence-electron chi connectivity index (χ2n) is 3.64. The third-order valence-electron chi connectivity index (χ3n) is 2.26. The van der Waals surface area contributed by atoms with Gasteiger partial charge in [-0.05, 0) is 6.92 Å². The smallest absolute Gasteiger partial charge is 0.416 e. The molecule has 0 radical (unpaired) electrons. The molecule has 0 atom stereocenters. The van der Waals surface area contributed by atoms with E-state index in [2.05, 4.69) is 9.72 Å². The van der Waals surface area contributed by atoms with E-state index in [4.69, 9.17) is 0 Å². The fraction of sp³-hybridized carbons (Fsp3) is 0.455. The minimum Gasteiger partial charge on any atom is -0.466 e. The van der Waals surface area contributed by atoms with Crippen molar-refractivity contribution in [1.29, 1.82) is 0 Å². The molecular weight excluding hydrogens is 292 g/mol. The van der Waals surface area contributed by atoms with Gasteiger partial charge in [-0.2, -0.15) is 17.6 Å². The summed E-state index contributed by atoms with van der Waals surface area (Å²) in [6.07, 6.45) is -9.60. The summed E-state index contributed by atoms with van der Waals surface area (Å²) in [7, 11) is 0. The van der Waals surface area contributed by atoms with E-state index in [0.717, 1.165) is 0 Å². The molecule has 20 heavy (non-hydrogen) atoms. The number of alkyl halides is 5. The van der Waals surface area contributed by atoms with Crippen LogP contribution in [0.15, 0.2) is 6.07 Å². The second-order valence-corrected chi connectivity index (χ2v) is 3.64. The summed E-state index contributed by atoms with van der Waals surface area (Å²) in [6, 6.07) is -0.0273. The normalized spacial score (nSPS) is 11.8. The highest BCUT2D eigenvalue weighted by Gasteiger charge is 2.37. The van der Waals surface area contributed by atoms with Crippen molar-refractivity contribution in [2.45, 2.75) is 25.9 Å². The van der Waals surface area contributed by atoms with E-state index in [0.29, 0.717) is 0 Å². The van der Waals surface area contributed by atoms with E-state index in [1.807, 2.05) is 0 Å². The zero-order chi connectivity index (χ0) is 15.5. The molecule has 1 heterocycles. The lowest BCUT2D eigenvalue weighted by atomic mass is 10.0. The highest BCUT2D eigenvalue weighted by Crippen LogP contribution is 2.36. The molecule has 0 saturated heterocycles. The summed E-state index contributed by atoms with van der Waals surface area (Å²) < 4.78 is 80.8. The zero-order valence-electron chi connectivity index (χ0n) is 10.1. The van der Waals surface area contributed by atoms with Gasteiger partial charge >= 0.3 is 12.1 Å². The minimum absolute atomic E-state index is 0.0273. The molecule has 0 aromatic carbocycles. The Labute approximate surface area is 109 Å². The third kappa shape index (κ3) is 3.84. The average Bonchev–Trinajstić information content (AvgIpc) is 2.29. The number of hydrogen-bond acceptors (Lipinski definition) is 3. The van der Waals surface area contributed by atoms with Gasteiger partial charge in [0.2, 0.25) is 5.95 Å². The Hall–Kier alpha value is -1.80. The summed E-state index contributed by atoms with van der Waals surface area (Å²) in [5, 5.41) is 0. The van der Waals surface area contributed by atoms with Gasteiger partial charge in [-0.3, -0.25) is 4.79 Å². The van der Waals surface area contributed by atoms with Crippen LogP contribution in [-0.4, -0.2) is 17.6 Å². The molecular formula is C11H9F6NO2. The molecule has 0 amide bonds. The molecule has 1 aromatic rings. The van der Waals surface area contributed by atoms with E-state index >= 15 is 0 Å². The van der Waals surface area contributed by atoms with Crippen molar-refractivity contribution in [3.8, 4) is 0 Å². The van der Waals surface area contributed by atoms with Gasteiger partial charge < -0.3 is 4.74 Å². The Balaban J connectivity index is 3.38. The quantitative estimate of drug-likeness (QED) is 0.487. The van der Waals surface area contributed by atoms with Crippen LogP contribution in [0.5, 0.6) is 0 Å². The van der Waals surface area contributed by atoms with Crippen LogP contribution in [0.3, 0.4) is 0 Å². The van der Waals surface area contributed by atoms with Gasteiger partial charge in [0.15, 0.2) is 0 Å². The Morgan fingerprint density at radius 3 is 2.45 bits per heavy atom. The molecule has 0 fully saturated rings. The van der Waals surface area contributed by atoms with Gasteiger partial charge in [0.05, 0.1) is 18.6 Å². The number of nitrogens with zero attached hydrogens (tertiary/aromatic N) is 1. The molecule has 1 rings (SSSR count). The molecule has 0 aliphatic heterocycles. The summed E-state index contributed by atoms with van der Waals surface area (Å²) in [4.78, 5) is 13.9. The van der Waals surface area contributed by atoms with Gasteiger partial charge in [0.1, 0.15) is 5.69 Å². The fourth-order valence-corrected chi connectivity index (χ4v) is 1.53. The number of pyridine rings is 1. The van der Waals surface area contributed by atoms with E-state index in [9.17, 15) is 31.1 Å². The van der Waals surface area contributed by atoms with Gasteiger partial charge in [-0.25, -0.2) is 13.8 Å². The van der Waals surface area contributed by atoms with E-state index in [-0.39, 0.29) is 12.7 Å². The molecule has 0 bridgehead atoms. The lowest BCUT2D eigenvalue weighted by molar-refractivity contribution is -0.143. The van der Waals surface area contributed by atoms with Crippen molar-refractivity contribution in [3.05, 3.63) is 28.8 Å². The van der Waals surface area contributed by atoms with Crippen molar-refractivity contribution in [2.24, 2.45) is 0 Å². The van der Waals surface area contributed by atoms with Crippen molar-refractivity contribution in [2.75, 3.05) is 6.61 Å². The number of rotatable bonds is 4. The lowest BCUT2D eigenvalue weighted by Gasteiger charge is -2.15. The summed E-state index contributed by atoms with van der Waals surface area (Å²) in [5.41, 5.74) is -4.15. The largest absolute Gasteiger partial charge is 0.466 e. The number of aromatic nitrogens is 1. The average molecular weight is 301 g/mol. The predicted molar refractivity (Wildman–Crippen MR) is 54.5 cm³/mol. The number of hydrogen-bond donors (Lipinski definition) is 0. The Bertz CT molecular complexity index is 500. The Morgan fingerprint density at radius 2 is 2.00 bits per heavy atom. The molecule has 0 saturated carbocycles. The first-order valence-electron chi connectivity index (χ1n) is 5.37. The van der Waals surface area contributed by atoms with Gasteiger partial charge in [-0.1, -0.05) is 0 Å². The molecule has 9 heteroatoms. The van der Waals surface area contributed by atoms with Crippen LogP contribution in [0.1, 0.15) is 30.2 Å². The van der Waals surface area contributed by atoms with Gasteiger partial charge in [0, 0.05) is 11.6 Å². The zero-order valence-corrected chi connectivity index (χ0v) is 10.1.